The lowest BCUT2D eigenvalue weighted by Gasteiger charge is -2.03. The van der Waals surface area contributed by atoms with Gasteiger partial charge in [-0.1, -0.05) is 24.3 Å². The first-order valence-electron chi connectivity index (χ1n) is 7.53. The molecule has 0 unspecified atom stereocenters. The fraction of sp³-hybridized carbons (Fsp3) is 0.0526. The van der Waals surface area contributed by atoms with Crippen molar-refractivity contribution < 1.29 is 19.8 Å². The van der Waals surface area contributed by atoms with Gasteiger partial charge in [-0.3, -0.25) is 9.59 Å². The van der Waals surface area contributed by atoms with Gasteiger partial charge < -0.3 is 20.8 Å². The maximum atomic E-state index is 11.6. The predicted octanol–water partition coefficient (Wildman–Crippen LogP) is 2.01. The van der Waals surface area contributed by atoms with Crippen molar-refractivity contribution in [3.63, 3.8) is 0 Å². The summed E-state index contributed by atoms with van der Waals surface area (Å²) in [4.78, 5) is 23.3. The zero-order chi connectivity index (χ0) is 18.1. The van der Waals surface area contributed by atoms with Crippen LogP contribution in [0, 0.1) is 0 Å². The minimum Gasteiger partial charge on any atom is -0.508 e. The van der Waals surface area contributed by atoms with Gasteiger partial charge in [-0.2, -0.15) is 0 Å². The molecule has 2 aromatic rings. The van der Waals surface area contributed by atoms with Gasteiger partial charge in [-0.15, -0.1) is 0 Å². The molecule has 0 spiro atoms. The van der Waals surface area contributed by atoms with Crippen LogP contribution >= 0.6 is 0 Å². The van der Waals surface area contributed by atoms with Crippen molar-refractivity contribution in [2.75, 3.05) is 6.67 Å². The van der Waals surface area contributed by atoms with Crippen LogP contribution in [0.3, 0.4) is 0 Å². The molecule has 0 saturated carbocycles. The molecule has 128 valence electrons. The number of rotatable bonds is 6. The molecule has 0 aliphatic carbocycles. The number of phenols is 2. The second-order valence-corrected chi connectivity index (χ2v) is 5.12. The summed E-state index contributed by atoms with van der Waals surface area (Å²) in [5.74, 6) is -0.511. The Hall–Kier alpha value is -3.54. The van der Waals surface area contributed by atoms with E-state index in [1.54, 1.807) is 36.4 Å². The molecule has 6 heteroatoms. The molecule has 0 aliphatic rings. The van der Waals surface area contributed by atoms with E-state index in [-0.39, 0.29) is 30.0 Å². The van der Waals surface area contributed by atoms with Gasteiger partial charge in [-0.25, -0.2) is 0 Å². The fourth-order valence-electron chi connectivity index (χ4n) is 1.94. The van der Waals surface area contributed by atoms with E-state index in [0.717, 1.165) is 0 Å². The molecule has 0 heterocycles. The summed E-state index contributed by atoms with van der Waals surface area (Å²) in [7, 11) is 0. The number of benzene rings is 2. The molecular weight excluding hydrogens is 320 g/mol. The van der Waals surface area contributed by atoms with Crippen molar-refractivity contribution >= 4 is 24.0 Å². The number of carbonyl (C=O) groups excluding carboxylic acids is 2. The highest BCUT2D eigenvalue weighted by Gasteiger charge is 1.98. The lowest BCUT2D eigenvalue weighted by atomic mass is 10.2. The molecule has 4 N–H and O–H groups in total. The van der Waals surface area contributed by atoms with Gasteiger partial charge in [0.05, 0.1) is 6.67 Å². The number of amides is 2. The first-order chi connectivity index (χ1) is 12.0. The first-order valence-corrected chi connectivity index (χ1v) is 7.53. The molecule has 0 radical (unpaired) electrons. The van der Waals surface area contributed by atoms with Crippen LogP contribution in [0.5, 0.6) is 11.5 Å². The van der Waals surface area contributed by atoms with Crippen LogP contribution in [0.2, 0.25) is 0 Å². The van der Waals surface area contributed by atoms with Crippen LogP contribution in [-0.2, 0) is 9.59 Å². The molecule has 0 aliphatic heterocycles. The largest absolute Gasteiger partial charge is 0.508 e. The second-order valence-electron chi connectivity index (χ2n) is 5.12. The normalized spacial score (nSPS) is 10.9. The summed E-state index contributed by atoms with van der Waals surface area (Å²) < 4.78 is 0. The van der Waals surface area contributed by atoms with Gasteiger partial charge in [0, 0.05) is 12.2 Å². The zero-order valence-electron chi connectivity index (χ0n) is 13.3. The minimum atomic E-state index is -0.374. The topological polar surface area (TPSA) is 98.7 Å². The second kappa shape index (κ2) is 8.93. The Morgan fingerprint density at radius 1 is 0.800 bits per heavy atom. The lowest BCUT2D eigenvalue weighted by Crippen LogP contribution is -2.35. The smallest absolute Gasteiger partial charge is 0.245 e. The van der Waals surface area contributed by atoms with Gasteiger partial charge in [0.15, 0.2) is 0 Å². The zero-order valence-corrected chi connectivity index (χ0v) is 13.3. The molecule has 2 amide bonds. The summed E-state index contributed by atoms with van der Waals surface area (Å²) in [6.07, 6.45) is 5.73. The third-order valence-corrected chi connectivity index (χ3v) is 3.12. The van der Waals surface area contributed by atoms with Crippen LogP contribution in [-0.4, -0.2) is 28.7 Å². The van der Waals surface area contributed by atoms with Crippen molar-refractivity contribution in [1.82, 2.24) is 10.6 Å². The monoisotopic (exact) mass is 338 g/mol. The number of hydrogen-bond donors (Lipinski definition) is 4. The average Bonchev–Trinajstić information content (AvgIpc) is 2.58. The van der Waals surface area contributed by atoms with E-state index in [9.17, 15) is 19.8 Å². The first kappa shape index (κ1) is 17.8. The summed E-state index contributed by atoms with van der Waals surface area (Å²) in [5, 5.41) is 23.7. The minimum absolute atomic E-state index is 0.0214. The fourth-order valence-corrected chi connectivity index (χ4v) is 1.94. The third kappa shape index (κ3) is 6.62. The molecule has 6 nitrogen and oxygen atoms in total. The average molecular weight is 338 g/mol. The summed E-state index contributed by atoms with van der Waals surface area (Å²) in [6.45, 7) is -0.0214. The van der Waals surface area contributed by atoms with Gasteiger partial charge in [0.2, 0.25) is 11.8 Å². The van der Waals surface area contributed by atoms with E-state index < -0.39 is 0 Å². The molecule has 2 rings (SSSR count). The van der Waals surface area contributed by atoms with E-state index >= 15 is 0 Å². The van der Waals surface area contributed by atoms with Crippen LogP contribution in [0.4, 0.5) is 0 Å². The molecule has 25 heavy (non-hydrogen) atoms. The number of hydrogen-bond acceptors (Lipinski definition) is 4. The Kier molecular flexibility index (Phi) is 6.36. The quantitative estimate of drug-likeness (QED) is 0.478. The van der Waals surface area contributed by atoms with E-state index in [1.807, 2.05) is 0 Å². The SMILES string of the molecule is O=C(/C=C/c1cccc(O)c1)NCNC(=O)/C=C/c1cccc(O)c1. The number of carbonyl (C=O) groups is 2. The maximum absolute atomic E-state index is 11.6. The molecule has 0 aromatic heterocycles. The van der Waals surface area contributed by atoms with Crippen LogP contribution in [0.25, 0.3) is 12.2 Å². The molecule has 2 aromatic carbocycles. The summed E-state index contributed by atoms with van der Waals surface area (Å²) in [6, 6.07) is 13.0. The molecule has 0 fully saturated rings. The Morgan fingerprint density at radius 2 is 1.24 bits per heavy atom. The highest BCUT2D eigenvalue weighted by molar-refractivity contribution is 5.93. The summed E-state index contributed by atoms with van der Waals surface area (Å²) >= 11 is 0. The standard InChI is InChI=1S/C19H18N2O4/c22-16-5-1-3-14(11-16)7-9-18(24)20-13-21-19(25)10-8-15-4-2-6-17(23)12-15/h1-12,22-23H,13H2,(H,20,24)(H,21,25)/b9-7+,10-8+. The highest BCUT2D eigenvalue weighted by Crippen LogP contribution is 2.12. The van der Waals surface area contributed by atoms with Crippen molar-refractivity contribution in [2.24, 2.45) is 0 Å². The Balaban J connectivity index is 1.74. The van der Waals surface area contributed by atoms with Crippen molar-refractivity contribution in [3.05, 3.63) is 71.8 Å². The van der Waals surface area contributed by atoms with E-state index in [1.165, 1.54) is 36.4 Å². The Morgan fingerprint density at radius 3 is 1.64 bits per heavy atom. The Bertz CT molecular complexity index is 745. The van der Waals surface area contributed by atoms with Crippen molar-refractivity contribution in [2.45, 2.75) is 0 Å². The van der Waals surface area contributed by atoms with Crippen molar-refractivity contribution in [3.8, 4) is 11.5 Å². The third-order valence-electron chi connectivity index (χ3n) is 3.12. The van der Waals surface area contributed by atoms with Gasteiger partial charge >= 0.3 is 0 Å². The lowest BCUT2D eigenvalue weighted by molar-refractivity contribution is -0.118. The van der Waals surface area contributed by atoms with Gasteiger partial charge in [-0.05, 0) is 47.5 Å². The predicted molar refractivity (Wildman–Crippen MR) is 95.4 cm³/mol. The van der Waals surface area contributed by atoms with Crippen molar-refractivity contribution in [1.29, 1.82) is 0 Å². The van der Waals surface area contributed by atoms with Gasteiger partial charge in [0.25, 0.3) is 0 Å². The van der Waals surface area contributed by atoms with E-state index in [0.29, 0.717) is 11.1 Å². The molecule has 0 atom stereocenters. The molecule has 0 bridgehead atoms. The number of aromatic hydroxyl groups is 2. The Labute approximate surface area is 145 Å². The molecular formula is C19H18N2O4. The number of phenolic OH excluding ortho intramolecular Hbond substituents is 2. The van der Waals surface area contributed by atoms with Crippen LogP contribution in [0.15, 0.2) is 60.7 Å². The molecule has 0 saturated heterocycles. The maximum Gasteiger partial charge on any atom is 0.245 e. The van der Waals surface area contributed by atoms with Crippen LogP contribution < -0.4 is 10.6 Å². The highest BCUT2D eigenvalue weighted by atomic mass is 16.3. The summed E-state index contributed by atoms with van der Waals surface area (Å²) in [5.41, 5.74) is 1.38. The number of nitrogens with one attached hydrogen (secondary N) is 2. The van der Waals surface area contributed by atoms with Gasteiger partial charge in [0.1, 0.15) is 11.5 Å². The van der Waals surface area contributed by atoms with E-state index in [4.69, 9.17) is 0 Å². The van der Waals surface area contributed by atoms with Crippen LogP contribution in [0.1, 0.15) is 11.1 Å². The van der Waals surface area contributed by atoms with E-state index in [2.05, 4.69) is 10.6 Å².